The molecule has 1 aromatic heterocycles. The molecule has 0 bridgehead atoms. The van der Waals surface area contributed by atoms with Crippen LogP contribution >= 0.6 is 0 Å². The lowest BCUT2D eigenvalue weighted by Crippen LogP contribution is -2.41. The molecule has 0 spiro atoms. The van der Waals surface area contributed by atoms with Crippen molar-refractivity contribution in [1.82, 2.24) is 9.88 Å². The minimum Gasteiger partial charge on any atom is -0.480 e. The van der Waals surface area contributed by atoms with Crippen LogP contribution in [-0.2, 0) is 11.3 Å². The Hall–Kier alpha value is -1.42. The van der Waals surface area contributed by atoms with Gasteiger partial charge in [0, 0.05) is 25.0 Å². The van der Waals surface area contributed by atoms with Gasteiger partial charge in [0.25, 0.3) is 0 Å². The van der Waals surface area contributed by atoms with Crippen LogP contribution in [0.1, 0.15) is 37.7 Å². The highest BCUT2D eigenvalue weighted by Crippen LogP contribution is 2.40. The van der Waals surface area contributed by atoms with Crippen LogP contribution in [0.2, 0.25) is 0 Å². The Morgan fingerprint density at radius 3 is 3.00 bits per heavy atom. The van der Waals surface area contributed by atoms with Gasteiger partial charge in [0.15, 0.2) is 0 Å². The number of carboxylic acids is 1. The van der Waals surface area contributed by atoms with Crippen LogP contribution in [-0.4, -0.2) is 33.0 Å². The van der Waals surface area contributed by atoms with Gasteiger partial charge in [-0.25, -0.2) is 0 Å². The fourth-order valence-electron chi connectivity index (χ4n) is 3.73. The Labute approximate surface area is 113 Å². The first-order valence-electron chi connectivity index (χ1n) is 7.13. The molecule has 1 aliphatic carbocycles. The maximum Gasteiger partial charge on any atom is 0.320 e. The van der Waals surface area contributed by atoms with E-state index in [4.69, 9.17) is 0 Å². The molecule has 0 amide bonds. The highest BCUT2D eigenvalue weighted by atomic mass is 16.4. The number of carboxylic acid groups (broad SMARTS) is 1. The van der Waals surface area contributed by atoms with Crippen molar-refractivity contribution in [3.8, 4) is 0 Å². The van der Waals surface area contributed by atoms with E-state index in [9.17, 15) is 9.90 Å². The molecule has 19 heavy (non-hydrogen) atoms. The summed E-state index contributed by atoms with van der Waals surface area (Å²) in [6, 6.07) is 4.09. The van der Waals surface area contributed by atoms with Gasteiger partial charge >= 0.3 is 5.97 Å². The molecule has 1 aliphatic heterocycles. The quantitative estimate of drug-likeness (QED) is 0.906. The lowest BCUT2D eigenvalue weighted by Gasteiger charge is -2.32. The van der Waals surface area contributed by atoms with Crippen molar-refractivity contribution in [1.29, 1.82) is 0 Å². The van der Waals surface area contributed by atoms with Crippen molar-refractivity contribution < 1.29 is 9.90 Å². The van der Waals surface area contributed by atoms with Crippen LogP contribution in [0.5, 0.6) is 0 Å². The van der Waals surface area contributed by atoms with E-state index in [1.54, 1.807) is 6.20 Å². The second kappa shape index (κ2) is 5.29. The smallest absolute Gasteiger partial charge is 0.320 e. The number of hydrogen-bond acceptors (Lipinski definition) is 3. The third-order valence-electron chi connectivity index (χ3n) is 4.59. The summed E-state index contributed by atoms with van der Waals surface area (Å²) >= 11 is 0. The van der Waals surface area contributed by atoms with Crippen molar-refractivity contribution >= 4 is 5.97 Å². The minimum atomic E-state index is -0.668. The zero-order chi connectivity index (χ0) is 13.2. The number of aromatic nitrogens is 1. The van der Waals surface area contributed by atoms with Crippen LogP contribution < -0.4 is 0 Å². The Bertz CT molecular complexity index is 449. The van der Waals surface area contributed by atoms with E-state index in [2.05, 4.69) is 9.88 Å². The zero-order valence-corrected chi connectivity index (χ0v) is 11.0. The van der Waals surface area contributed by atoms with E-state index in [1.165, 1.54) is 19.3 Å². The van der Waals surface area contributed by atoms with E-state index < -0.39 is 5.97 Å². The number of pyridine rings is 1. The van der Waals surface area contributed by atoms with Gasteiger partial charge in [-0.1, -0.05) is 18.9 Å². The molecule has 1 N–H and O–H groups in total. The molecule has 1 aromatic rings. The van der Waals surface area contributed by atoms with Gasteiger partial charge in [-0.2, -0.15) is 0 Å². The van der Waals surface area contributed by atoms with E-state index in [1.807, 2.05) is 18.3 Å². The Morgan fingerprint density at radius 2 is 2.26 bits per heavy atom. The molecule has 4 nitrogen and oxygen atoms in total. The molecule has 2 aliphatic rings. The first kappa shape index (κ1) is 12.6. The van der Waals surface area contributed by atoms with E-state index in [-0.39, 0.29) is 6.04 Å². The van der Waals surface area contributed by atoms with Gasteiger partial charge in [-0.3, -0.25) is 14.7 Å². The van der Waals surface area contributed by atoms with Crippen LogP contribution in [0.25, 0.3) is 0 Å². The first-order valence-corrected chi connectivity index (χ1v) is 7.13. The number of likely N-dealkylation sites (tertiary alicyclic amines) is 1. The van der Waals surface area contributed by atoms with Crippen LogP contribution in [0.3, 0.4) is 0 Å². The summed E-state index contributed by atoms with van der Waals surface area (Å²) in [6.07, 6.45) is 9.25. The molecule has 0 radical (unpaired) electrons. The Morgan fingerprint density at radius 1 is 1.42 bits per heavy atom. The maximum absolute atomic E-state index is 11.5. The Kier molecular flexibility index (Phi) is 3.51. The third kappa shape index (κ3) is 2.50. The molecule has 2 heterocycles. The van der Waals surface area contributed by atoms with Gasteiger partial charge in [0.1, 0.15) is 6.04 Å². The molecule has 1 saturated carbocycles. The highest BCUT2D eigenvalue weighted by Gasteiger charge is 2.44. The lowest BCUT2D eigenvalue weighted by molar-refractivity contribution is -0.142. The molecule has 3 atom stereocenters. The molecule has 2 fully saturated rings. The largest absolute Gasteiger partial charge is 0.480 e. The zero-order valence-electron chi connectivity index (χ0n) is 11.0. The van der Waals surface area contributed by atoms with Crippen LogP contribution in [0.4, 0.5) is 0 Å². The topological polar surface area (TPSA) is 53.4 Å². The molecule has 3 rings (SSSR count). The summed E-state index contributed by atoms with van der Waals surface area (Å²) < 4.78 is 0. The number of fused-ring (bicyclic) bond motifs is 1. The summed E-state index contributed by atoms with van der Waals surface area (Å²) in [7, 11) is 0. The van der Waals surface area contributed by atoms with Crippen LogP contribution in [0.15, 0.2) is 24.5 Å². The van der Waals surface area contributed by atoms with Crippen molar-refractivity contribution in [3.05, 3.63) is 30.1 Å². The summed E-state index contributed by atoms with van der Waals surface area (Å²) in [6.45, 7) is 0.714. The van der Waals surface area contributed by atoms with E-state index in [0.29, 0.717) is 18.5 Å². The number of carbonyl (C=O) groups is 1. The third-order valence-corrected chi connectivity index (χ3v) is 4.59. The summed E-state index contributed by atoms with van der Waals surface area (Å²) in [5, 5.41) is 9.45. The molecule has 0 aromatic carbocycles. The maximum atomic E-state index is 11.5. The molecular formula is C15H20N2O2. The minimum absolute atomic E-state index is 0.312. The fraction of sp³-hybridized carbons (Fsp3) is 0.600. The summed E-state index contributed by atoms with van der Waals surface area (Å²) in [5.74, 6) is -0.0928. The molecule has 1 saturated heterocycles. The fourth-order valence-corrected chi connectivity index (χ4v) is 3.73. The number of rotatable bonds is 3. The molecular weight excluding hydrogens is 240 g/mol. The average Bonchev–Trinajstić information content (AvgIpc) is 2.79. The van der Waals surface area contributed by atoms with Crippen molar-refractivity contribution in [2.75, 3.05) is 0 Å². The molecule has 102 valence electrons. The monoisotopic (exact) mass is 260 g/mol. The summed E-state index contributed by atoms with van der Waals surface area (Å²) in [4.78, 5) is 17.8. The second-order valence-electron chi connectivity index (χ2n) is 5.74. The molecule has 3 unspecified atom stereocenters. The SMILES string of the molecule is O=C(O)C1CC2CCCCC2N1Cc1cccnc1. The predicted molar refractivity (Wildman–Crippen MR) is 71.6 cm³/mol. The van der Waals surface area contributed by atoms with Gasteiger partial charge in [0.05, 0.1) is 0 Å². The van der Waals surface area contributed by atoms with Crippen LogP contribution in [0, 0.1) is 5.92 Å². The second-order valence-corrected chi connectivity index (χ2v) is 5.74. The van der Waals surface area contributed by atoms with Crippen molar-refractivity contribution in [2.45, 2.75) is 50.7 Å². The summed E-state index contributed by atoms with van der Waals surface area (Å²) in [5.41, 5.74) is 1.11. The first-order chi connectivity index (χ1) is 9.25. The van der Waals surface area contributed by atoms with Crippen molar-refractivity contribution in [2.24, 2.45) is 5.92 Å². The predicted octanol–water partition coefficient (Wildman–Crippen LogP) is 2.30. The van der Waals surface area contributed by atoms with E-state index >= 15 is 0 Å². The standard InChI is InChI=1S/C15H20N2O2/c18-15(19)14-8-12-5-1-2-6-13(12)17(14)10-11-4-3-7-16-9-11/h3-4,7,9,12-14H,1-2,5-6,8,10H2,(H,18,19). The highest BCUT2D eigenvalue weighted by molar-refractivity contribution is 5.74. The number of nitrogens with zero attached hydrogens (tertiary/aromatic N) is 2. The lowest BCUT2D eigenvalue weighted by atomic mass is 9.84. The normalized spacial score (nSPS) is 31.1. The average molecular weight is 260 g/mol. The molecule has 4 heteroatoms. The van der Waals surface area contributed by atoms with Gasteiger partial charge in [-0.15, -0.1) is 0 Å². The van der Waals surface area contributed by atoms with E-state index in [0.717, 1.165) is 18.4 Å². The number of hydrogen-bond donors (Lipinski definition) is 1. The van der Waals surface area contributed by atoms with Crippen molar-refractivity contribution in [3.63, 3.8) is 0 Å². The number of aliphatic carboxylic acids is 1. The van der Waals surface area contributed by atoms with Gasteiger partial charge in [-0.05, 0) is 36.8 Å². The van der Waals surface area contributed by atoms with Gasteiger partial charge < -0.3 is 5.11 Å². The Balaban J connectivity index is 1.80. The van der Waals surface area contributed by atoms with Gasteiger partial charge in [0.2, 0.25) is 0 Å².